The average Bonchev–Trinajstić information content (AvgIpc) is 2.51. The van der Waals surface area contributed by atoms with E-state index in [2.05, 4.69) is 36.1 Å². The molecule has 0 bridgehead atoms. The van der Waals surface area contributed by atoms with E-state index < -0.39 is 0 Å². The zero-order valence-corrected chi connectivity index (χ0v) is 13.5. The van der Waals surface area contributed by atoms with Crippen molar-refractivity contribution in [1.29, 1.82) is 0 Å². The fraction of sp³-hybridized carbons (Fsp3) is 0.684. The number of hydrogen-bond donors (Lipinski definition) is 1. The molecule has 1 spiro atoms. The molecule has 1 unspecified atom stereocenters. The molecule has 116 valence electrons. The Bertz CT molecular complexity index is 435. The third kappa shape index (κ3) is 3.67. The topological polar surface area (TPSA) is 29.3 Å². The largest absolute Gasteiger partial charge is 0.323 e. The van der Waals surface area contributed by atoms with Gasteiger partial charge in [-0.3, -0.25) is 0 Å². The maximum atomic E-state index is 6.40. The number of aryl methyl sites for hydroxylation is 1. The lowest BCUT2D eigenvalue weighted by atomic mass is 9.68. The molecule has 1 aromatic rings. The van der Waals surface area contributed by atoms with Gasteiger partial charge >= 0.3 is 0 Å². The van der Waals surface area contributed by atoms with Gasteiger partial charge in [0.25, 0.3) is 0 Å². The third-order valence-electron chi connectivity index (χ3n) is 5.79. The molecular weight excluding hydrogens is 256 g/mol. The van der Waals surface area contributed by atoms with Crippen LogP contribution in [0.4, 0.5) is 0 Å². The van der Waals surface area contributed by atoms with Crippen molar-refractivity contribution in [2.24, 2.45) is 11.1 Å². The number of piperidine rings is 1. The van der Waals surface area contributed by atoms with Crippen molar-refractivity contribution in [3.63, 3.8) is 0 Å². The molecule has 1 atom stereocenters. The van der Waals surface area contributed by atoms with Crippen LogP contribution in [-0.4, -0.2) is 24.5 Å². The molecule has 2 aliphatic rings. The van der Waals surface area contributed by atoms with E-state index in [1.54, 1.807) is 0 Å². The Balaban J connectivity index is 1.51. The summed E-state index contributed by atoms with van der Waals surface area (Å²) >= 11 is 0. The van der Waals surface area contributed by atoms with Crippen LogP contribution in [0, 0.1) is 12.3 Å². The maximum Gasteiger partial charge on any atom is 0.0424 e. The fourth-order valence-corrected chi connectivity index (χ4v) is 4.21. The maximum absolute atomic E-state index is 6.40. The molecule has 21 heavy (non-hydrogen) atoms. The Labute approximate surface area is 129 Å². The Morgan fingerprint density at radius 3 is 2.24 bits per heavy atom. The first-order valence-corrected chi connectivity index (χ1v) is 8.71. The zero-order chi connectivity index (χ0) is 14.7. The highest BCUT2D eigenvalue weighted by molar-refractivity contribution is 5.24. The van der Waals surface area contributed by atoms with E-state index in [9.17, 15) is 0 Å². The monoisotopic (exact) mass is 286 g/mol. The Morgan fingerprint density at radius 1 is 1.00 bits per heavy atom. The molecule has 3 rings (SSSR count). The molecule has 2 fully saturated rings. The van der Waals surface area contributed by atoms with Gasteiger partial charge in [0, 0.05) is 12.6 Å². The number of nitrogens with zero attached hydrogens (tertiary/aromatic N) is 1. The van der Waals surface area contributed by atoms with E-state index in [1.165, 1.54) is 69.2 Å². The predicted octanol–water partition coefficient (Wildman–Crippen LogP) is 4.04. The van der Waals surface area contributed by atoms with E-state index >= 15 is 0 Å². The molecule has 1 aromatic carbocycles. The molecule has 2 heteroatoms. The first-order chi connectivity index (χ1) is 10.2. The summed E-state index contributed by atoms with van der Waals surface area (Å²) in [6, 6.07) is 8.87. The second-order valence-corrected chi connectivity index (χ2v) is 7.38. The Hall–Kier alpha value is -0.860. The number of likely N-dealkylation sites (tertiary alicyclic amines) is 1. The van der Waals surface area contributed by atoms with Crippen LogP contribution < -0.4 is 5.73 Å². The fourth-order valence-electron chi connectivity index (χ4n) is 4.21. The minimum Gasteiger partial charge on any atom is -0.323 e. The summed E-state index contributed by atoms with van der Waals surface area (Å²) < 4.78 is 0. The summed E-state index contributed by atoms with van der Waals surface area (Å²) in [6.45, 7) is 5.64. The molecular formula is C19H30N2. The molecule has 1 saturated carbocycles. The van der Waals surface area contributed by atoms with Crippen LogP contribution in [0.15, 0.2) is 24.3 Å². The van der Waals surface area contributed by atoms with Crippen LogP contribution >= 0.6 is 0 Å². The second-order valence-electron chi connectivity index (χ2n) is 7.38. The highest BCUT2D eigenvalue weighted by Gasteiger charge is 2.35. The van der Waals surface area contributed by atoms with Crippen LogP contribution in [0.25, 0.3) is 0 Å². The average molecular weight is 286 g/mol. The smallest absolute Gasteiger partial charge is 0.0424 e. The number of hydrogen-bond acceptors (Lipinski definition) is 2. The lowest BCUT2D eigenvalue weighted by Gasteiger charge is -2.44. The van der Waals surface area contributed by atoms with Crippen molar-refractivity contribution in [3.8, 4) is 0 Å². The molecule has 2 nitrogen and oxygen atoms in total. The minimum atomic E-state index is 0.158. The molecule has 0 aromatic heterocycles. The van der Waals surface area contributed by atoms with E-state index in [0.717, 1.165) is 6.54 Å². The van der Waals surface area contributed by atoms with Gasteiger partial charge in [0.2, 0.25) is 0 Å². The van der Waals surface area contributed by atoms with Gasteiger partial charge in [-0.2, -0.15) is 0 Å². The molecule has 0 radical (unpaired) electrons. The summed E-state index contributed by atoms with van der Waals surface area (Å²) in [6.07, 6.45) is 10.1. The molecule has 1 heterocycles. The predicted molar refractivity (Wildman–Crippen MR) is 89.3 cm³/mol. The minimum absolute atomic E-state index is 0.158. The SMILES string of the molecule is Cc1ccc(C(N)CN2CCC3(CCCCC3)CC2)cc1. The van der Waals surface area contributed by atoms with Gasteiger partial charge < -0.3 is 10.6 Å². The summed E-state index contributed by atoms with van der Waals surface area (Å²) in [7, 11) is 0. The van der Waals surface area contributed by atoms with Gasteiger partial charge in [-0.15, -0.1) is 0 Å². The van der Waals surface area contributed by atoms with Crippen LogP contribution in [0.5, 0.6) is 0 Å². The summed E-state index contributed by atoms with van der Waals surface area (Å²) in [5.74, 6) is 0. The highest BCUT2D eigenvalue weighted by Crippen LogP contribution is 2.44. The van der Waals surface area contributed by atoms with Crippen molar-refractivity contribution in [3.05, 3.63) is 35.4 Å². The van der Waals surface area contributed by atoms with Crippen LogP contribution in [0.1, 0.15) is 62.1 Å². The summed E-state index contributed by atoms with van der Waals surface area (Å²) in [5, 5.41) is 0. The van der Waals surface area contributed by atoms with Gasteiger partial charge in [0.15, 0.2) is 0 Å². The van der Waals surface area contributed by atoms with Gasteiger partial charge in [-0.1, -0.05) is 49.1 Å². The van der Waals surface area contributed by atoms with Crippen LogP contribution in [-0.2, 0) is 0 Å². The van der Waals surface area contributed by atoms with E-state index in [-0.39, 0.29) is 6.04 Å². The lowest BCUT2D eigenvalue weighted by molar-refractivity contribution is 0.0649. The first kappa shape index (κ1) is 15.1. The molecule has 0 amide bonds. The third-order valence-corrected chi connectivity index (χ3v) is 5.79. The first-order valence-electron chi connectivity index (χ1n) is 8.71. The summed E-state index contributed by atoms with van der Waals surface area (Å²) in [5.41, 5.74) is 9.69. The summed E-state index contributed by atoms with van der Waals surface area (Å²) in [4.78, 5) is 2.59. The standard InChI is InChI=1S/C19H30N2/c1-16-5-7-17(8-6-16)18(20)15-21-13-11-19(12-14-21)9-3-2-4-10-19/h5-8,18H,2-4,9-15,20H2,1H3. The van der Waals surface area contributed by atoms with Crippen LogP contribution in [0.3, 0.4) is 0 Å². The van der Waals surface area contributed by atoms with Crippen molar-refractivity contribution < 1.29 is 0 Å². The number of benzene rings is 1. The molecule has 1 saturated heterocycles. The lowest BCUT2D eigenvalue weighted by Crippen LogP contribution is -2.43. The van der Waals surface area contributed by atoms with E-state index in [4.69, 9.17) is 5.73 Å². The van der Waals surface area contributed by atoms with Crippen molar-refractivity contribution in [2.45, 2.75) is 57.9 Å². The van der Waals surface area contributed by atoms with Gasteiger partial charge in [0.05, 0.1) is 0 Å². The van der Waals surface area contributed by atoms with E-state index in [1.807, 2.05) is 0 Å². The molecule has 1 aliphatic carbocycles. The quantitative estimate of drug-likeness (QED) is 0.908. The Morgan fingerprint density at radius 2 is 1.62 bits per heavy atom. The van der Waals surface area contributed by atoms with Crippen molar-refractivity contribution >= 4 is 0 Å². The zero-order valence-electron chi connectivity index (χ0n) is 13.5. The van der Waals surface area contributed by atoms with E-state index in [0.29, 0.717) is 5.41 Å². The number of rotatable bonds is 3. The molecule has 2 N–H and O–H groups in total. The second kappa shape index (κ2) is 6.50. The van der Waals surface area contributed by atoms with Gasteiger partial charge in [0.1, 0.15) is 0 Å². The van der Waals surface area contributed by atoms with Gasteiger partial charge in [-0.05, 0) is 56.7 Å². The normalized spacial score (nSPS) is 24.1. The Kier molecular flexibility index (Phi) is 4.66. The highest BCUT2D eigenvalue weighted by atomic mass is 15.1. The molecule has 1 aliphatic heterocycles. The van der Waals surface area contributed by atoms with Crippen molar-refractivity contribution in [1.82, 2.24) is 4.90 Å². The number of nitrogens with two attached hydrogens (primary N) is 1. The van der Waals surface area contributed by atoms with Crippen molar-refractivity contribution in [2.75, 3.05) is 19.6 Å². The van der Waals surface area contributed by atoms with Gasteiger partial charge in [-0.25, -0.2) is 0 Å². The van der Waals surface area contributed by atoms with Crippen LogP contribution in [0.2, 0.25) is 0 Å².